The molecule has 0 radical (unpaired) electrons. The number of rotatable bonds is 2. The Labute approximate surface area is 60.7 Å². The molecule has 0 saturated heterocycles. The lowest BCUT2D eigenvalue weighted by atomic mass is 10.9. The summed E-state index contributed by atoms with van der Waals surface area (Å²) in [5.74, 6) is 0. The highest BCUT2D eigenvalue weighted by atomic mass is 79.9. The third-order valence-corrected chi connectivity index (χ3v) is 2.10. The lowest BCUT2D eigenvalue weighted by molar-refractivity contribution is 0.400. The first-order valence-electron chi connectivity index (χ1n) is 1.88. The maximum atomic E-state index is 5.15. The van der Waals surface area contributed by atoms with Gasteiger partial charge in [-0.2, -0.15) is 0 Å². The Kier molecular flexibility index (Phi) is 3.93. The Bertz CT molecular complexity index is 51.4. The number of halogens is 2. The van der Waals surface area contributed by atoms with Gasteiger partial charge in [0.25, 0.3) is 0 Å². The van der Waals surface area contributed by atoms with Crippen molar-refractivity contribution in [3.8, 4) is 0 Å². The van der Waals surface area contributed by atoms with Crippen molar-refractivity contribution >= 4 is 36.8 Å². The first-order valence-corrected chi connectivity index (χ1v) is 7.53. The smallest absolute Gasteiger partial charge is 0.0584 e. The summed E-state index contributed by atoms with van der Waals surface area (Å²) < 4.78 is 5.15. The second-order valence-corrected chi connectivity index (χ2v) is 12.6. The molecule has 0 saturated carbocycles. The van der Waals surface area contributed by atoms with Crippen molar-refractivity contribution in [1.29, 1.82) is 0 Å². The molecule has 0 aliphatic carbocycles. The van der Waals surface area contributed by atoms with Crippen LogP contribution in [0.3, 0.4) is 0 Å². The fourth-order valence-corrected chi connectivity index (χ4v) is 1.74. The fourth-order valence-electron chi connectivity index (χ4n) is 0.207. The van der Waals surface area contributed by atoms with Gasteiger partial charge in [-0.3, -0.25) is 0 Å². The van der Waals surface area contributed by atoms with E-state index in [4.69, 9.17) is 4.18 Å². The molecule has 0 amide bonds. The maximum Gasteiger partial charge on any atom is 0.0584 e. The molecular weight excluding hydrogens is 244 g/mol. The zero-order valence-electron chi connectivity index (χ0n) is 4.28. The molecule has 0 aromatic carbocycles. The Morgan fingerprint density at radius 1 is 1.57 bits per heavy atom. The summed E-state index contributed by atoms with van der Waals surface area (Å²) in [6, 6.07) is 0. The summed E-state index contributed by atoms with van der Waals surface area (Å²) in [6.45, 7) is 2.72. The van der Waals surface area contributed by atoms with Crippen molar-refractivity contribution in [2.75, 3.05) is 12.9 Å². The standard InChI is InChI=1S/C3H8Br2OS/c1-3-6-7(2,4)5/h3H2,1-2H3. The second-order valence-electron chi connectivity index (χ2n) is 1.07. The molecule has 46 valence electrons. The van der Waals surface area contributed by atoms with Crippen LogP contribution in [0.25, 0.3) is 0 Å². The van der Waals surface area contributed by atoms with E-state index in [2.05, 4.69) is 29.6 Å². The van der Waals surface area contributed by atoms with Gasteiger partial charge in [0.05, 0.1) is 6.61 Å². The highest BCUT2D eigenvalue weighted by molar-refractivity contribution is 9.90. The minimum atomic E-state index is -1.05. The highest BCUT2D eigenvalue weighted by Crippen LogP contribution is 2.60. The monoisotopic (exact) mass is 250 g/mol. The molecule has 7 heavy (non-hydrogen) atoms. The summed E-state index contributed by atoms with van der Waals surface area (Å²) in [5.41, 5.74) is 0. The van der Waals surface area contributed by atoms with Gasteiger partial charge in [0, 0.05) is 35.9 Å². The van der Waals surface area contributed by atoms with Crippen LogP contribution in [0.15, 0.2) is 0 Å². The van der Waals surface area contributed by atoms with Crippen LogP contribution in [-0.4, -0.2) is 12.9 Å². The van der Waals surface area contributed by atoms with Crippen LogP contribution in [0, 0.1) is 0 Å². The zero-order chi connectivity index (χ0) is 5.91. The molecule has 0 unspecified atom stereocenters. The summed E-state index contributed by atoms with van der Waals surface area (Å²) in [6.07, 6.45) is 1.97. The molecule has 0 bridgehead atoms. The minimum Gasteiger partial charge on any atom is -0.317 e. The van der Waals surface area contributed by atoms with E-state index in [1.807, 2.05) is 13.2 Å². The first-order chi connectivity index (χ1) is 3.06. The van der Waals surface area contributed by atoms with Gasteiger partial charge in [0.1, 0.15) is 0 Å². The van der Waals surface area contributed by atoms with Gasteiger partial charge < -0.3 is 4.18 Å². The molecular formula is C3H8Br2OS. The van der Waals surface area contributed by atoms with Gasteiger partial charge in [-0.15, -0.1) is 0 Å². The van der Waals surface area contributed by atoms with E-state index in [1.165, 1.54) is 0 Å². The molecule has 0 spiro atoms. The highest BCUT2D eigenvalue weighted by Gasteiger charge is 2.05. The Morgan fingerprint density at radius 2 is 2.00 bits per heavy atom. The van der Waals surface area contributed by atoms with Gasteiger partial charge >= 0.3 is 0 Å². The van der Waals surface area contributed by atoms with Gasteiger partial charge in [0.15, 0.2) is 0 Å². The molecule has 0 rings (SSSR count). The van der Waals surface area contributed by atoms with Crippen molar-refractivity contribution < 1.29 is 4.18 Å². The summed E-state index contributed by atoms with van der Waals surface area (Å²) in [4.78, 5) is 0. The number of hydrogen-bond acceptors (Lipinski definition) is 1. The van der Waals surface area contributed by atoms with Crippen LogP contribution in [0.4, 0.5) is 0 Å². The van der Waals surface area contributed by atoms with Crippen LogP contribution in [0.2, 0.25) is 0 Å². The normalized spacial score (nSPS) is 14.3. The summed E-state index contributed by atoms with van der Waals surface area (Å²) >= 11 is 6.63. The predicted octanol–water partition coefficient (Wildman–Crippen LogP) is 2.99. The third kappa shape index (κ3) is 7.27. The Hall–Kier alpha value is 1.27. The molecule has 4 heteroatoms. The second kappa shape index (κ2) is 3.33. The van der Waals surface area contributed by atoms with E-state index in [9.17, 15) is 0 Å². The third-order valence-electron chi connectivity index (χ3n) is 0.325. The Morgan fingerprint density at radius 3 is 2.00 bits per heavy atom. The van der Waals surface area contributed by atoms with Crippen LogP contribution >= 0.6 is 36.8 Å². The molecule has 0 heterocycles. The zero-order valence-corrected chi connectivity index (χ0v) is 8.27. The summed E-state index contributed by atoms with van der Waals surface area (Å²) in [5, 5.41) is 0. The molecule has 0 N–H and O–H groups in total. The molecule has 0 aromatic rings. The van der Waals surface area contributed by atoms with Crippen molar-refractivity contribution in [1.82, 2.24) is 0 Å². The van der Waals surface area contributed by atoms with Crippen LogP contribution in [0.5, 0.6) is 0 Å². The van der Waals surface area contributed by atoms with Crippen molar-refractivity contribution in [3.05, 3.63) is 0 Å². The summed E-state index contributed by atoms with van der Waals surface area (Å²) in [7, 11) is -1.05. The lowest BCUT2D eigenvalue weighted by Gasteiger charge is -2.17. The maximum absolute atomic E-state index is 5.15. The predicted molar refractivity (Wildman–Crippen MR) is 43.0 cm³/mol. The quantitative estimate of drug-likeness (QED) is 0.733. The van der Waals surface area contributed by atoms with E-state index in [-0.39, 0.29) is 0 Å². The van der Waals surface area contributed by atoms with Crippen molar-refractivity contribution in [3.63, 3.8) is 0 Å². The first kappa shape index (κ1) is 8.27. The SMILES string of the molecule is CCOS(C)(Br)Br. The van der Waals surface area contributed by atoms with Crippen LogP contribution in [0.1, 0.15) is 6.92 Å². The number of hydrogen-bond donors (Lipinski definition) is 0. The van der Waals surface area contributed by atoms with Gasteiger partial charge in [-0.25, -0.2) is 0 Å². The average Bonchev–Trinajstić information content (AvgIpc) is 1.30. The van der Waals surface area contributed by atoms with Gasteiger partial charge in [0.2, 0.25) is 0 Å². The van der Waals surface area contributed by atoms with Gasteiger partial charge in [-0.1, -0.05) is 0 Å². The van der Waals surface area contributed by atoms with Crippen molar-refractivity contribution in [2.45, 2.75) is 6.92 Å². The van der Waals surface area contributed by atoms with Crippen LogP contribution in [-0.2, 0) is 4.18 Å². The molecule has 0 aromatic heterocycles. The molecule has 0 aliphatic heterocycles. The largest absolute Gasteiger partial charge is 0.317 e. The van der Waals surface area contributed by atoms with E-state index >= 15 is 0 Å². The van der Waals surface area contributed by atoms with E-state index in [0.29, 0.717) is 0 Å². The van der Waals surface area contributed by atoms with E-state index < -0.39 is 7.18 Å². The van der Waals surface area contributed by atoms with Crippen molar-refractivity contribution in [2.24, 2.45) is 0 Å². The molecule has 0 fully saturated rings. The minimum absolute atomic E-state index is 0.752. The van der Waals surface area contributed by atoms with Crippen LogP contribution < -0.4 is 0 Å². The fraction of sp³-hybridized carbons (Fsp3) is 1.00. The topological polar surface area (TPSA) is 9.23 Å². The van der Waals surface area contributed by atoms with Gasteiger partial charge in [-0.05, 0) is 14.1 Å². The lowest BCUT2D eigenvalue weighted by Crippen LogP contribution is -1.84. The van der Waals surface area contributed by atoms with E-state index in [1.54, 1.807) is 0 Å². The van der Waals surface area contributed by atoms with E-state index in [0.717, 1.165) is 6.61 Å². The molecule has 1 nitrogen and oxygen atoms in total. The average molecular weight is 252 g/mol. The molecule has 0 atom stereocenters. The molecule has 0 aliphatic rings. The Balaban J connectivity index is 3.15.